The van der Waals surface area contributed by atoms with Gasteiger partial charge in [0.25, 0.3) is 0 Å². The van der Waals surface area contributed by atoms with Crippen molar-refractivity contribution in [3.8, 4) is 0 Å². The lowest BCUT2D eigenvalue weighted by Crippen LogP contribution is -2.37. The number of halogens is 1. The van der Waals surface area contributed by atoms with Crippen LogP contribution < -0.4 is 10.6 Å². The van der Waals surface area contributed by atoms with Crippen molar-refractivity contribution in [3.05, 3.63) is 35.4 Å². The van der Waals surface area contributed by atoms with Gasteiger partial charge in [0.15, 0.2) is 5.96 Å². The summed E-state index contributed by atoms with van der Waals surface area (Å²) in [5, 5.41) is 6.69. The van der Waals surface area contributed by atoms with E-state index in [1.807, 2.05) is 0 Å². The maximum Gasteiger partial charge on any atom is 0.191 e. The molecule has 1 fully saturated rings. The number of guanidine groups is 1. The molecule has 6 heteroatoms. The molecule has 1 heterocycles. The van der Waals surface area contributed by atoms with Gasteiger partial charge in [-0.1, -0.05) is 24.3 Å². The predicted octanol–water partition coefficient (Wildman–Crippen LogP) is 3.38. The second-order valence-corrected chi connectivity index (χ2v) is 6.93. The van der Waals surface area contributed by atoms with E-state index in [0.29, 0.717) is 6.10 Å². The van der Waals surface area contributed by atoms with Crippen LogP contribution in [0.1, 0.15) is 44.2 Å². The lowest BCUT2D eigenvalue weighted by atomic mass is 10.1. The van der Waals surface area contributed by atoms with Crippen LogP contribution in [0.5, 0.6) is 0 Å². The highest BCUT2D eigenvalue weighted by molar-refractivity contribution is 14.0. The van der Waals surface area contributed by atoms with E-state index in [9.17, 15) is 0 Å². The predicted molar refractivity (Wildman–Crippen MR) is 120 cm³/mol. The third-order valence-electron chi connectivity index (χ3n) is 4.38. The first-order valence-electron chi connectivity index (χ1n) is 9.53. The fourth-order valence-corrected chi connectivity index (χ4v) is 2.97. The monoisotopic (exact) mass is 474 g/mol. The number of rotatable bonds is 9. The highest BCUT2D eigenvalue weighted by Crippen LogP contribution is 2.13. The van der Waals surface area contributed by atoms with Crippen molar-refractivity contribution in [1.29, 1.82) is 0 Å². The van der Waals surface area contributed by atoms with Gasteiger partial charge in [-0.2, -0.15) is 0 Å². The molecule has 0 atom stereocenters. The van der Waals surface area contributed by atoms with Crippen LogP contribution >= 0.6 is 24.0 Å². The number of hydrogen-bond donors (Lipinski definition) is 2. The topological polar surface area (TPSA) is 48.9 Å². The number of hydrogen-bond acceptors (Lipinski definition) is 3. The standard InChI is InChI=1S/C20H34N4O.HI/c1-17(2)25-14-6-11-22-20(21-3)23-15-18-7-9-19(10-8-18)16-24-12-4-5-13-24;/h7-10,17H,4-6,11-16H2,1-3H3,(H2,21,22,23);1H. The van der Waals surface area contributed by atoms with Crippen molar-refractivity contribution >= 4 is 29.9 Å². The summed E-state index contributed by atoms with van der Waals surface area (Å²) in [6.45, 7) is 10.1. The summed E-state index contributed by atoms with van der Waals surface area (Å²) in [6, 6.07) is 8.91. The van der Waals surface area contributed by atoms with Gasteiger partial charge in [-0.3, -0.25) is 9.89 Å². The Bertz CT molecular complexity index is 513. The fourth-order valence-electron chi connectivity index (χ4n) is 2.97. The van der Waals surface area contributed by atoms with Crippen LogP contribution in [0.2, 0.25) is 0 Å². The van der Waals surface area contributed by atoms with Crippen LogP contribution in [0.15, 0.2) is 29.3 Å². The lowest BCUT2D eigenvalue weighted by Gasteiger charge is -2.15. The summed E-state index contributed by atoms with van der Waals surface area (Å²) in [7, 11) is 1.80. The van der Waals surface area contributed by atoms with Crippen molar-refractivity contribution in [2.45, 2.75) is 52.3 Å². The SMILES string of the molecule is CN=C(NCCCOC(C)C)NCc1ccc(CN2CCCC2)cc1.I. The number of aliphatic imine (C=N–C) groups is 1. The third-order valence-corrected chi connectivity index (χ3v) is 4.38. The Morgan fingerprint density at radius 1 is 1.12 bits per heavy atom. The fraction of sp³-hybridized carbons (Fsp3) is 0.650. The molecule has 0 spiro atoms. The smallest absolute Gasteiger partial charge is 0.191 e. The molecule has 148 valence electrons. The van der Waals surface area contributed by atoms with Crippen molar-refractivity contribution in [1.82, 2.24) is 15.5 Å². The number of ether oxygens (including phenoxy) is 1. The Morgan fingerprint density at radius 3 is 2.38 bits per heavy atom. The molecule has 1 aromatic carbocycles. The van der Waals surface area contributed by atoms with Crippen LogP contribution in [-0.2, 0) is 17.8 Å². The van der Waals surface area contributed by atoms with Gasteiger partial charge < -0.3 is 15.4 Å². The summed E-state index contributed by atoms with van der Waals surface area (Å²) in [5.41, 5.74) is 2.68. The molecule has 26 heavy (non-hydrogen) atoms. The molecule has 1 aliphatic rings. The largest absolute Gasteiger partial charge is 0.379 e. The molecule has 0 unspecified atom stereocenters. The van der Waals surface area contributed by atoms with Gasteiger partial charge in [0.05, 0.1) is 6.10 Å². The number of benzene rings is 1. The Hall–Kier alpha value is -0.860. The van der Waals surface area contributed by atoms with Crippen molar-refractivity contribution in [3.63, 3.8) is 0 Å². The second kappa shape index (κ2) is 13.3. The van der Waals surface area contributed by atoms with Gasteiger partial charge in [-0.15, -0.1) is 24.0 Å². The van der Waals surface area contributed by atoms with Gasteiger partial charge in [-0.05, 0) is 57.3 Å². The molecule has 0 saturated carbocycles. The van der Waals surface area contributed by atoms with Crippen molar-refractivity contribution in [2.24, 2.45) is 4.99 Å². The van der Waals surface area contributed by atoms with Gasteiger partial charge in [-0.25, -0.2) is 0 Å². The van der Waals surface area contributed by atoms with Gasteiger partial charge >= 0.3 is 0 Å². The minimum absolute atomic E-state index is 0. The van der Waals surface area contributed by atoms with E-state index in [1.165, 1.54) is 37.1 Å². The van der Waals surface area contributed by atoms with Gasteiger partial charge in [0.1, 0.15) is 0 Å². The van der Waals surface area contributed by atoms with E-state index in [1.54, 1.807) is 7.05 Å². The van der Waals surface area contributed by atoms with Crippen LogP contribution in [0.25, 0.3) is 0 Å². The van der Waals surface area contributed by atoms with Crippen LogP contribution in [0, 0.1) is 0 Å². The van der Waals surface area contributed by atoms with Crippen LogP contribution in [0.4, 0.5) is 0 Å². The van der Waals surface area contributed by atoms with E-state index in [-0.39, 0.29) is 24.0 Å². The van der Waals surface area contributed by atoms with E-state index < -0.39 is 0 Å². The highest BCUT2D eigenvalue weighted by Gasteiger charge is 2.11. The summed E-state index contributed by atoms with van der Waals surface area (Å²) in [6.07, 6.45) is 3.96. The molecular formula is C20H35IN4O. The molecule has 0 radical (unpaired) electrons. The Morgan fingerprint density at radius 2 is 1.77 bits per heavy atom. The zero-order chi connectivity index (χ0) is 17.9. The molecule has 0 bridgehead atoms. The molecule has 2 N–H and O–H groups in total. The summed E-state index contributed by atoms with van der Waals surface area (Å²) >= 11 is 0. The normalized spacial score (nSPS) is 15.2. The zero-order valence-electron chi connectivity index (χ0n) is 16.5. The minimum Gasteiger partial charge on any atom is -0.379 e. The van der Waals surface area contributed by atoms with Crippen LogP contribution in [-0.4, -0.2) is 50.3 Å². The van der Waals surface area contributed by atoms with Crippen LogP contribution in [0.3, 0.4) is 0 Å². The molecule has 1 aliphatic heterocycles. The summed E-state index contributed by atoms with van der Waals surface area (Å²) in [5.74, 6) is 0.839. The van der Waals surface area contributed by atoms with Crippen molar-refractivity contribution in [2.75, 3.05) is 33.3 Å². The maximum atomic E-state index is 5.54. The summed E-state index contributed by atoms with van der Waals surface area (Å²) in [4.78, 5) is 6.80. The van der Waals surface area contributed by atoms with Gasteiger partial charge in [0.2, 0.25) is 0 Å². The quantitative estimate of drug-likeness (QED) is 0.250. The molecule has 0 amide bonds. The number of nitrogens with zero attached hydrogens (tertiary/aromatic N) is 2. The number of likely N-dealkylation sites (tertiary alicyclic amines) is 1. The first-order chi connectivity index (χ1) is 12.2. The Kier molecular flexibility index (Phi) is 11.9. The van der Waals surface area contributed by atoms with Gasteiger partial charge in [0, 0.05) is 33.3 Å². The zero-order valence-corrected chi connectivity index (χ0v) is 18.8. The van der Waals surface area contributed by atoms with E-state index in [4.69, 9.17) is 4.74 Å². The lowest BCUT2D eigenvalue weighted by molar-refractivity contribution is 0.0776. The molecule has 1 aromatic rings. The van der Waals surface area contributed by atoms with Crippen molar-refractivity contribution < 1.29 is 4.74 Å². The highest BCUT2D eigenvalue weighted by atomic mass is 127. The summed E-state index contributed by atoms with van der Waals surface area (Å²) < 4.78 is 5.54. The minimum atomic E-state index is 0. The third kappa shape index (κ3) is 9.19. The first-order valence-corrected chi connectivity index (χ1v) is 9.53. The Labute approximate surface area is 176 Å². The molecule has 0 aromatic heterocycles. The van der Waals surface area contributed by atoms with E-state index >= 15 is 0 Å². The first kappa shape index (κ1) is 23.2. The molecule has 2 rings (SSSR count). The van der Waals surface area contributed by atoms with E-state index in [0.717, 1.165) is 38.6 Å². The molecule has 0 aliphatic carbocycles. The second-order valence-electron chi connectivity index (χ2n) is 6.93. The number of nitrogens with one attached hydrogen (secondary N) is 2. The van der Waals surface area contributed by atoms with E-state index in [2.05, 4.69) is 58.6 Å². The Balaban J connectivity index is 0.00000338. The maximum absolute atomic E-state index is 5.54. The molecule has 1 saturated heterocycles. The average Bonchev–Trinajstić information content (AvgIpc) is 3.11. The average molecular weight is 474 g/mol. The molecular weight excluding hydrogens is 439 g/mol. The molecule has 5 nitrogen and oxygen atoms in total.